The molecule has 7 nitrogen and oxygen atoms in total. The van der Waals surface area contributed by atoms with Gasteiger partial charge in [-0.2, -0.15) is 0 Å². The number of hydrogen-bond donors (Lipinski definition) is 0. The van der Waals surface area contributed by atoms with Gasteiger partial charge in [0.05, 0.1) is 18.8 Å². The molecular weight excluding hydrogens is 327 g/mol. The molecule has 2 aromatic rings. The molecule has 0 unspecified atom stereocenters. The van der Waals surface area contributed by atoms with E-state index in [9.17, 15) is 9.18 Å². The molecule has 2 heterocycles. The van der Waals surface area contributed by atoms with Crippen LogP contribution in [0.1, 0.15) is 25.8 Å². The molecule has 1 saturated carbocycles. The monoisotopic (exact) mass is 346 g/mol. The Morgan fingerprint density at radius 1 is 1.36 bits per heavy atom. The van der Waals surface area contributed by atoms with E-state index in [1.165, 1.54) is 6.07 Å². The summed E-state index contributed by atoms with van der Waals surface area (Å²) in [5.41, 5.74) is 1.22. The average Bonchev–Trinajstić information content (AvgIpc) is 3.22. The predicted molar refractivity (Wildman–Crippen MR) is 86.7 cm³/mol. The molecular formula is C17H19FN4O3. The summed E-state index contributed by atoms with van der Waals surface area (Å²) >= 11 is 0. The van der Waals surface area contributed by atoms with Gasteiger partial charge in [-0.15, -0.1) is 5.10 Å². The molecule has 1 aliphatic heterocycles. The second-order valence-electron chi connectivity index (χ2n) is 6.30. The Labute approximate surface area is 144 Å². The molecule has 1 aromatic carbocycles. The minimum atomic E-state index is -0.424. The predicted octanol–water partition coefficient (Wildman–Crippen LogP) is 2.64. The number of amides is 1. The maximum atomic E-state index is 14.0. The Bertz CT molecular complexity index is 784. The topological polar surface area (TPSA) is 69.5 Å². The van der Waals surface area contributed by atoms with Crippen molar-refractivity contribution >= 4 is 6.09 Å². The first-order valence-electron chi connectivity index (χ1n) is 8.44. The van der Waals surface area contributed by atoms with Crippen molar-refractivity contribution in [3.63, 3.8) is 0 Å². The van der Waals surface area contributed by atoms with Gasteiger partial charge in [-0.3, -0.25) is 0 Å². The second-order valence-corrected chi connectivity index (χ2v) is 6.30. The van der Waals surface area contributed by atoms with E-state index in [-0.39, 0.29) is 24.0 Å². The molecule has 0 N–H and O–H groups in total. The number of likely N-dealkylation sites (tertiary alicyclic amines) is 1. The van der Waals surface area contributed by atoms with E-state index in [0.717, 1.165) is 12.8 Å². The van der Waals surface area contributed by atoms with Crippen LogP contribution in [0.3, 0.4) is 0 Å². The van der Waals surface area contributed by atoms with E-state index < -0.39 is 5.82 Å². The molecule has 0 radical (unpaired) electrons. The zero-order valence-corrected chi connectivity index (χ0v) is 13.9. The molecule has 0 atom stereocenters. The SMILES string of the molecule is CCOc1ccc(-c2cn(C3CN(C(=O)OC4CC4)C3)nn2)cc1F. The summed E-state index contributed by atoms with van der Waals surface area (Å²) in [6, 6.07) is 4.80. The van der Waals surface area contributed by atoms with Crippen LogP contribution in [0.5, 0.6) is 5.75 Å². The highest BCUT2D eigenvalue weighted by atomic mass is 19.1. The summed E-state index contributed by atoms with van der Waals surface area (Å²) < 4.78 is 26.1. The third-order valence-electron chi connectivity index (χ3n) is 4.32. The highest BCUT2D eigenvalue weighted by Gasteiger charge is 2.36. The summed E-state index contributed by atoms with van der Waals surface area (Å²) in [5.74, 6) is -0.200. The van der Waals surface area contributed by atoms with Crippen LogP contribution < -0.4 is 4.74 Å². The first-order chi connectivity index (χ1) is 12.1. The maximum absolute atomic E-state index is 14.0. The van der Waals surface area contributed by atoms with Crippen molar-refractivity contribution in [2.45, 2.75) is 31.9 Å². The quantitative estimate of drug-likeness (QED) is 0.832. The van der Waals surface area contributed by atoms with Crippen LogP contribution in [0, 0.1) is 5.82 Å². The van der Waals surface area contributed by atoms with Gasteiger partial charge in [0.2, 0.25) is 0 Å². The molecule has 2 fully saturated rings. The first kappa shape index (κ1) is 15.9. The number of aromatic nitrogens is 3. The van der Waals surface area contributed by atoms with Gasteiger partial charge in [-0.25, -0.2) is 13.9 Å². The fraction of sp³-hybridized carbons (Fsp3) is 0.471. The van der Waals surface area contributed by atoms with Crippen molar-refractivity contribution in [3.8, 4) is 17.0 Å². The number of rotatable bonds is 5. The number of nitrogens with zero attached hydrogens (tertiary/aromatic N) is 4. The van der Waals surface area contributed by atoms with Gasteiger partial charge in [0.25, 0.3) is 0 Å². The molecule has 1 aliphatic carbocycles. The highest BCUT2D eigenvalue weighted by molar-refractivity contribution is 5.69. The van der Waals surface area contributed by atoms with E-state index in [1.54, 1.807) is 34.8 Å². The molecule has 1 amide bonds. The van der Waals surface area contributed by atoms with Gasteiger partial charge in [0.1, 0.15) is 11.8 Å². The van der Waals surface area contributed by atoms with Crippen LogP contribution in [0.2, 0.25) is 0 Å². The number of benzene rings is 1. The zero-order valence-electron chi connectivity index (χ0n) is 13.9. The highest BCUT2D eigenvalue weighted by Crippen LogP contribution is 2.29. The Balaban J connectivity index is 1.39. The van der Waals surface area contributed by atoms with Gasteiger partial charge >= 0.3 is 6.09 Å². The van der Waals surface area contributed by atoms with Gasteiger partial charge < -0.3 is 14.4 Å². The van der Waals surface area contributed by atoms with Crippen molar-refractivity contribution in [3.05, 3.63) is 30.2 Å². The number of halogens is 1. The number of ether oxygens (including phenoxy) is 2. The fourth-order valence-corrected chi connectivity index (χ4v) is 2.69. The summed E-state index contributed by atoms with van der Waals surface area (Å²) in [6.45, 7) is 3.31. The van der Waals surface area contributed by atoms with Gasteiger partial charge in [-0.05, 0) is 38.0 Å². The lowest BCUT2D eigenvalue weighted by molar-refractivity contribution is 0.0490. The molecule has 4 rings (SSSR count). The lowest BCUT2D eigenvalue weighted by Crippen LogP contribution is -2.51. The number of carbonyl (C=O) groups is 1. The molecule has 1 saturated heterocycles. The molecule has 8 heteroatoms. The molecule has 0 bridgehead atoms. The lowest BCUT2D eigenvalue weighted by Gasteiger charge is -2.37. The van der Waals surface area contributed by atoms with Gasteiger partial charge in [0.15, 0.2) is 11.6 Å². The third-order valence-corrected chi connectivity index (χ3v) is 4.32. The Kier molecular flexibility index (Phi) is 4.03. The van der Waals surface area contributed by atoms with Crippen molar-refractivity contribution < 1.29 is 18.7 Å². The average molecular weight is 346 g/mol. The van der Waals surface area contributed by atoms with E-state index in [1.807, 2.05) is 0 Å². The van der Waals surface area contributed by atoms with E-state index >= 15 is 0 Å². The van der Waals surface area contributed by atoms with Crippen LogP contribution in [0.15, 0.2) is 24.4 Å². The van der Waals surface area contributed by atoms with Crippen molar-refractivity contribution in [2.75, 3.05) is 19.7 Å². The van der Waals surface area contributed by atoms with Crippen LogP contribution >= 0.6 is 0 Å². The van der Waals surface area contributed by atoms with E-state index in [4.69, 9.17) is 9.47 Å². The minimum Gasteiger partial charge on any atom is -0.491 e. The second kappa shape index (κ2) is 6.34. The van der Waals surface area contributed by atoms with Crippen molar-refractivity contribution in [1.82, 2.24) is 19.9 Å². The van der Waals surface area contributed by atoms with Crippen molar-refractivity contribution in [1.29, 1.82) is 0 Å². The Hall–Kier alpha value is -2.64. The minimum absolute atomic E-state index is 0.0700. The summed E-state index contributed by atoms with van der Waals surface area (Å²) in [4.78, 5) is 13.5. The Morgan fingerprint density at radius 3 is 2.84 bits per heavy atom. The van der Waals surface area contributed by atoms with Gasteiger partial charge in [0, 0.05) is 18.7 Å². The zero-order chi connectivity index (χ0) is 17.4. The largest absolute Gasteiger partial charge is 0.491 e. The van der Waals surface area contributed by atoms with Gasteiger partial charge in [-0.1, -0.05) is 5.21 Å². The molecule has 2 aliphatic rings. The molecule has 132 valence electrons. The number of carbonyl (C=O) groups excluding carboxylic acids is 1. The molecule has 0 spiro atoms. The van der Waals surface area contributed by atoms with E-state index in [0.29, 0.717) is 31.0 Å². The van der Waals surface area contributed by atoms with Crippen LogP contribution in [0.25, 0.3) is 11.3 Å². The third kappa shape index (κ3) is 3.29. The molecule has 25 heavy (non-hydrogen) atoms. The van der Waals surface area contributed by atoms with Crippen molar-refractivity contribution in [2.24, 2.45) is 0 Å². The fourth-order valence-electron chi connectivity index (χ4n) is 2.69. The van der Waals surface area contributed by atoms with Crippen LogP contribution in [-0.2, 0) is 4.74 Å². The summed E-state index contributed by atoms with van der Waals surface area (Å²) in [6.07, 6.45) is 3.55. The normalized spacial score (nSPS) is 17.3. The Morgan fingerprint density at radius 2 is 2.16 bits per heavy atom. The molecule has 1 aromatic heterocycles. The smallest absolute Gasteiger partial charge is 0.410 e. The lowest BCUT2D eigenvalue weighted by atomic mass is 10.1. The standard InChI is InChI=1S/C17H19FN4O3/c1-2-24-16-6-3-11(7-14(16)18)15-10-22(20-19-15)12-8-21(9-12)17(23)25-13-4-5-13/h3,6-7,10,12-13H,2,4-5,8-9H2,1H3. The first-order valence-corrected chi connectivity index (χ1v) is 8.44. The number of hydrogen-bond acceptors (Lipinski definition) is 5. The van der Waals surface area contributed by atoms with E-state index in [2.05, 4.69) is 10.3 Å². The van der Waals surface area contributed by atoms with Crippen LogP contribution in [0.4, 0.5) is 9.18 Å². The summed E-state index contributed by atoms with van der Waals surface area (Å²) in [5, 5.41) is 8.21. The summed E-state index contributed by atoms with van der Waals surface area (Å²) in [7, 11) is 0. The van der Waals surface area contributed by atoms with Crippen LogP contribution in [-0.4, -0.2) is 51.8 Å². The maximum Gasteiger partial charge on any atom is 0.410 e.